The molecule has 11 nitrogen and oxygen atoms in total. The van der Waals surface area contributed by atoms with Gasteiger partial charge in [0.25, 0.3) is 11.8 Å². The summed E-state index contributed by atoms with van der Waals surface area (Å²) in [6.45, 7) is 6.30. The highest BCUT2D eigenvalue weighted by Crippen LogP contribution is 2.35. The molecular weight excluding hydrogens is 655 g/mol. The Hall–Kier alpha value is -5.26. The molecule has 0 radical (unpaired) electrons. The molecule has 4 aromatic rings. The lowest BCUT2D eigenvalue weighted by atomic mass is 10.0. The minimum absolute atomic E-state index is 0.211. The minimum atomic E-state index is -1.41. The first kappa shape index (κ1) is 35.6. The Balaban J connectivity index is 1.47. The van der Waals surface area contributed by atoms with Crippen LogP contribution in [0, 0.1) is 13.8 Å². The van der Waals surface area contributed by atoms with E-state index in [0.29, 0.717) is 28.3 Å². The number of methoxy groups -OCH3 is 1. The van der Waals surface area contributed by atoms with Crippen LogP contribution < -0.4 is 15.4 Å². The van der Waals surface area contributed by atoms with Gasteiger partial charge in [0, 0.05) is 5.69 Å². The van der Waals surface area contributed by atoms with Gasteiger partial charge in [-0.3, -0.25) is 19.2 Å². The number of hydrogen-bond acceptors (Lipinski definition) is 9. The van der Waals surface area contributed by atoms with Crippen molar-refractivity contribution >= 4 is 69.3 Å². The van der Waals surface area contributed by atoms with Crippen LogP contribution in [0.3, 0.4) is 0 Å². The molecule has 0 aliphatic rings. The van der Waals surface area contributed by atoms with E-state index in [1.165, 1.54) is 21.0 Å². The van der Waals surface area contributed by atoms with Crippen molar-refractivity contribution in [3.8, 4) is 16.9 Å². The highest BCUT2D eigenvalue weighted by atomic mass is 35.5. The number of anilines is 2. The molecule has 0 aliphatic carbocycles. The van der Waals surface area contributed by atoms with E-state index in [1.807, 2.05) is 26.0 Å². The first-order valence-electron chi connectivity index (χ1n) is 14.6. The highest BCUT2D eigenvalue weighted by Gasteiger charge is 2.25. The maximum Gasteiger partial charge on any atom is 0.258 e. The Morgan fingerprint density at radius 3 is 1.62 bits per heavy atom. The van der Waals surface area contributed by atoms with Gasteiger partial charge >= 0.3 is 0 Å². The zero-order chi connectivity index (χ0) is 35.0. The van der Waals surface area contributed by atoms with Crippen LogP contribution >= 0.6 is 23.2 Å². The Kier molecular flexibility index (Phi) is 11.9. The van der Waals surface area contributed by atoms with E-state index in [1.54, 1.807) is 66.7 Å². The number of carbonyl (C=O) groups is 4. The van der Waals surface area contributed by atoms with Crippen LogP contribution in [0.5, 0.6) is 5.75 Å². The first-order chi connectivity index (χ1) is 22.9. The number of nitrogens with one attached hydrogen (secondary N) is 2. The van der Waals surface area contributed by atoms with Gasteiger partial charge in [0.05, 0.1) is 22.8 Å². The van der Waals surface area contributed by atoms with E-state index in [0.717, 1.165) is 11.1 Å². The zero-order valence-electron chi connectivity index (χ0n) is 26.7. The number of hydrogen-bond donors (Lipinski definition) is 2. The summed E-state index contributed by atoms with van der Waals surface area (Å²) in [5.41, 5.74) is 4.71. The normalized spacial score (nSPS) is 12.5. The molecule has 0 aliphatic heterocycles. The minimum Gasteiger partial charge on any atom is -0.495 e. The number of Topliss-reactive ketones (excluding diaryl/α,β-unsaturated/α-hetero) is 2. The lowest BCUT2D eigenvalue weighted by molar-refractivity contribution is -0.127. The second kappa shape index (κ2) is 16.0. The summed E-state index contributed by atoms with van der Waals surface area (Å²) in [6, 6.07) is 19.4. The molecule has 246 valence electrons. The smallest absolute Gasteiger partial charge is 0.258 e. The third-order valence-electron chi connectivity index (χ3n) is 7.06. The van der Waals surface area contributed by atoms with E-state index < -0.39 is 35.5 Å². The van der Waals surface area contributed by atoms with Crippen molar-refractivity contribution in [2.45, 2.75) is 39.8 Å². The summed E-state index contributed by atoms with van der Waals surface area (Å²) in [5, 5.41) is 21.9. The van der Waals surface area contributed by atoms with Crippen molar-refractivity contribution in [3.05, 3.63) is 100 Å². The fourth-order valence-electron chi connectivity index (χ4n) is 4.52. The molecule has 2 atom stereocenters. The van der Waals surface area contributed by atoms with Crippen molar-refractivity contribution < 1.29 is 23.9 Å². The van der Waals surface area contributed by atoms with Gasteiger partial charge in [-0.2, -0.15) is 20.5 Å². The monoisotopic (exact) mass is 686 g/mol. The van der Waals surface area contributed by atoms with E-state index in [-0.39, 0.29) is 21.4 Å². The zero-order valence-corrected chi connectivity index (χ0v) is 28.3. The number of ketones is 2. The van der Waals surface area contributed by atoms with Gasteiger partial charge in [0.1, 0.15) is 17.1 Å². The fourth-order valence-corrected chi connectivity index (χ4v) is 4.95. The average Bonchev–Trinajstić information content (AvgIpc) is 3.03. The first-order valence-corrected chi connectivity index (χ1v) is 15.4. The molecule has 0 spiro atoms. The van der Waals surface area contributed by atoms with Crippen LogP contribution in [0.4, 0.5) is 22.7 Å². The van der Waals surface area contributed by atoms with Gasteiger partial charge in [-0.05, 0) is 86.8 Å². The van der Waals surface area contributed by atoms with Gasteiger partial charge in [-0.1, -0.05) is 65.2 Å². The van der Waals surface area contributed by atoms with Crippen molar-refractivity contribution in [3.63, 3.8) is 0 Å². The Labute approximate surface area is 287 Å². The Bertz CT molecular complexity index is 1940. The van der Waals surface area contributed by atoms with Crippen molar-refractivity contribution in [1.29, 1.82) is 0 Å². The third kappa shape index (κ3) is 8.96. The number of carbonyl (C=O) groups excluding carboxylic acids is 4. The number of benzene rings is 4. The topological polar surface area (TPSA) is 151 Å². The largest absolute Gasteiger partial charge is 0.495 e. The number of halogens is 2. The van der Waals surface area contributed by atoms with E-state index in [9.17, 15) is 19.2 Å². The molecule has 13 heteroatoms. The predicted octanol–water partition coefficient (Wildman–Crippen LogP) is 8.65. The summed E-state index contributed by atoms with van der Waals surface area (Å²) in [5.74, 6) is -1.84. The quantitative estimate of drug-likeness (QED) is 0.113. The number of ether oxygens (including phenoxy) is 1. The van der Waals surface area contributed by atoms with Crippen molar-refractivity contribution in [2.24, 2.45) is 20.5 Å². The molecule has 48 heavy (non-hydrogen) atoms. The number of rotatable bonds is 12. The highest BCUT2D eigenvalue weighted by molar-refractivity contribution is 6.34. The second-order valence-electron chi connectivity index (χ2n) is 10.8. The van der Waals surface area contributed by atoms with Crippen molar-refractivity contribution in [2.75, 3.05) is 17.7 Å². The molecule has 4 rings (SSSR count). The van der Waals surface area contributed by atoms with E-state index in [4.69, 9.17) is 27.9 Å². The molecule has 0 heterocycles. The molecule has 0 saturated carbocycles. The molecule has 0 unspecified atom stereocenters. The average molecular weight is 688 g/mol. The summed E-state index contributed by atoms with van der Waals surface area (Å²) < 4.78 is 5.24. The van der Waals surface area contributed by atoms with Crippen LogP contribution in [0.25, 0.3) is 11.1 Å². The lowest BCUT2D eigenvalue weighted by Crippen LogP contribution is -2.32. The van der Waals surface area contributed by atoms with Crippen molar-refractivity contribution in [1.82, 2.24) is 0 Å². The van der Waals surface area contributed by atoms with Gasteiger partial charge in [0.2, 0.25) is 12.1 Å². The van der Waals surface area contributed by atoms with Crippen LogP contribution in [0.2, 0.25) is 10.0 Å². The van der Waals surface area contributed by atoms with Gasteiger partial charge in [-0.25, -0.2) is 0 Å². The number of amides is 2. The number of para-hydroxylation sites is 2. The van der Waals surface area contributed by atoms with E-state index >= 15 is 0 Å². The SMILES string of the molecule is COc1ccccc1NC(=O)[C@@H](N=Nc1ccc(-c2ccc(N=N[C@@H](C(C)=O)C(=O)Nc3ccc(C)cc3C)c(Cl)c2)cc1Cl)C(C)=O. The third-order valence-corrected chi connectivity index (χ3v) is 7.67. The molecule has 0 aromatic heterocycles. The Morgan fingerprint density at radius 1 is 0.667 bits per heavy atom. The predicted molar refractivity (Wildman–Crippen MR) is 186 cm³/mol. The molecule has 4 aromatic carbocycles. The van der Waals surface area contributed by atoms with Crippen LogP contribution in [-0.2, 0) is 19.2 Å². The summed E-state index contributed by atoms with van der Waals surface area (Å²) >= 11 is 13.0. The summed E-state index contributed by atoms with van der Waals surface area (Å²) in [7, 11) is 1.47. The maximum atomic E-state index is 12.9. The van der Waals surface area contributed by atoms with Crippen LogP contribution in [-0.4, -0.2) is 42.6 Å². The molecule has 0 saturated heterocycles. The Morgan fingerprint density at radius 2 is 1.17 bits per heavy atom. The lowest BCUT2D eigenvalue weighted by Gasteiger charge is -2.12. The molecule has 2 N–H and O–H groups in total. The fraction of sp³-hybridized carbons (Fsp3) is 0.200. The second-order valence-corrected chi connectivity index (χ2v) is 11.6. The standard InChI is InChI=1S/C35H32Cl2N6O5/c1-19-10-13-27(20(2)16-19)38-34(46)32(21(3)44)42-40-28-14-11-23(17-25(28)36)24-12-15-29(26(37)18-24)41-43-33(22(4)45)35(47)39-30-8-6-7-9-31(30)48-5/h6-18,32-33H,1-5H3,(H,38,46)(H,39,47)/t32-,33-/m0/s1. The summed E-state index contributed by atoms with van der Waals surface area (Å²) in [6.07, 6.45) is 0. The van der Waals surface area contributed by atoms with Gasteiger partial charge in [0.15, 0.2) is 11.6 Å². The number of nitrogens with zero attached hydrogens (tertiary/aromatic N) is 4. The van der Waals surface area contributed by atoms with Gasteiger partial charge in [-0.15, -0.1) is 0 Å². The molecule has 0 bridgehead atoms. The van der Waals surface area contributed by atoms with Gasteiger partial charge < -0.3 is 15.4 Å². The van der Waals surface area contributed by atoms with E-state index in [2.05, 4.69) is 31.1 Å². The summed E-state index contributed by atoms with van der Waals surface area (Å²) in [4.78, 5) is 50.2. The molecule has 0 fully saturated rings. The van der Waals surface area contributed by atoms with Crippen LogP contribution in [0.15, 0.2) is 99.3 Å². The van der Waals surface area contributed by atoms with Crippen LogP contribution in [0.1, 0.15) is 25.0 Å². The number of azo groups is 2. The number of aryl methyl sites for hydroxylation is 2. The molecule has 2 amide bonds. The molecular formula is C35H32Cl2N6O5. The maximum absolute atomic E-state index is 12.9.